The maximum absolute atomic E-state index is 12.2. The molecule has 1 aliphatic rings. The Morgan fingerprint density at radius 3 is 2.04 bits per heavy atom. The van der Waals surface area contributed by atoms with Crippen molar-refractivity contribution in [2.24, 2.45) is 0 Å². The smallest absolute Gasteiger partial charge is 0.481 e. The predicted octanol–water partition coefficient (Wildman–Crippen LogP) is 2.94. The Kier molecular flexibility index (Phi) is 12.6. The first-order chi connectivity index (χ1) is 12.5. The number of methoxy groups -OCH3 is 1. The SMILES string of the molecule is COC1(C(=O)NCCSSCCC(=O)O)CCCCC1.O=C(O)C(F)(F)F. The Hall–Kier alpha value is -1.14. The van der Waals surface area contributed by atoms with Gasteiger partial charge in [0.25, 0.3) is 5.91 Å². The summed E-state index contributed by atoms with van der Waals surface area (Å²) in [6.07, 6.45) is -0.0426. The summed E-state index contributed by atoms with van der Waals surface area (Å²) in [6, 6.07) is 0. The zero-order valence-corrected chi connectivity index (χ0v) is 16.5. The van der Waals surface area contributed by atoms with E-state index in [1.54, 1.807) is 17.9 Å². The monoisotopic (exact) mass is 435 g/mol. The van der Waals surface area contributed by atoms with Crippen molar-refractivity contribution in [1.29, 1.82) is 0 Å². The molecule has 0 saturated heterocycles. The van der Waals surface area contributed by atoms with Crippen molar-refractivity contribution in [3.05, 3.63) is 0 Å². The van der Waals surface area contributed by atoms with Gasteiger partial charge in [-0.2, -0.15) is 13.2 Å². The fourth-order valence-electron chi connectivity index (χ4n) is 2.26. The van der Waals surface area contributed by atoms with E-state index < -0.39 is 23.7 Å². The molecular formula is C15H24F3NO6S2. The molecule has 0 heterocycles. The number of alkyl halides is 3. The quantitative estimate of drug-likeness (QED) is 0.374. The van der Waals surface area contributed by atoms with Gasteiger partial charge in [-0.15, -0.1) is 0 Å². The van der Waals surface area contributed by atoms with Crippen LogP contribution in [-0.4, -0.2) is 65.0 Å². The van der Waals surface area contributed by atoms with Gasteiger partial charge in [0.05, 0.1) is 6.42 Å². The van der Waals surface area contributed by atoms with Gasteiger partial charge in [-0.25, -0.2) is 4.79 Å². The van der Waals surface area contributed by atoms with Crippen LogP contribution in [0.1, 0.15) is 38.5 Å². The lowest BCUT2D eigenvalue weighted by Gasteiger charge is -2.34. The van der Waals surface area contributed by atoms with E-state index in [-0.39, 0.29) is 12.3 Å². The molecule has 27 heavy (non-hydrogen) atoms. The molecule has 12 heteroatoms. The summed E-state index contributed by atoms with van der Waals surface area (Å²) < 4.78 is 37.2. The molecule has 3 N–H and O–H groups in total. The number of amides is 1. The summed E-state index contributed by atoms with van der Waals surface area (Å²) in [5, 5.41) is 18.5. The van der Waals surface area contributed by atoms with Crippen molar-refractivity contribution in [2.45, 2.75) is 50.3 Å². The van der Waals surface area contributed by atoms with Crippen molar-refractivity contribution < 1.29 is 42.5 Å². The standard InChI is InChI=1S/C13H23NO4S2.C2HF3O2/c1-18-13(6-3-2-4-7-13)12(17)14-8-10-20-19-9-5-11(15)16;3-2(4,5)1(6)7/h2-10H2,1H3,(H,14,17)(H,15,16);(H,6,7). The summed E-state index contributed by atoms with van der Waals surface area (Å²) in [7, 11) is 4.73. The third-order valence-corrected chi connectivity index (χ3v) is 6.07. The predicted molar refractivity (Wildman–Crippen MR) is 96.7 cm³/mol. The molecule has 0 atom stereocenters. The normalized spacial score (nSPS) is 16.0. The van der Waals surface area contributed by atoms with E-state index in [4.69, 9.17) is 19.7 Å². The first-order valence-corrected chi connectivity index (χ1v) is 10.6. The molecule has 0 aromatic rings. The Morgan fingerprint density at radius 1 is 1.07 bits per heavy atom. The molecule has 0 unspecified atom stereocenters. The average Bonchev–Trinajstić information content (AvgIpc) is 2.60. The fraction of sp³-hybridized carbons (Fsp3) is 0.800. The number of nitrogens with one attached hydrogen (secondary N) is 1. The number of hydrogen-bond donors (Lipinski definition) is 3. The second-order valence-electron chi connectivity index (χ2n) is 5.61. The van der Waals surface area contributed by atoms with Crippen LogP contribution in [0, 0.1) is 0 Å². The molecule has 0 aliphatic heterocycles. The maximum atomic E-state index is 12.2. The van der Waals surface area contributed by atoms with Gasteiger partial charge in [0, 0.05) is 25.2 Å². The summed E-state index contributed by atoms with van der Waals surface area (Å²) in [5.74, 6) is -2.17. The third kappa shape index (κ3) is 11.3. The Morgan fingerprint density at radius 2 is 1.59 bits per heavy atom. The van der Waals surface area contributed by atoms with Gasteiger partial charge in [-0.05, 0) is 12.8 Å². The second-order valence-corrected chi connectivity index (χ2v) is 8.31. The van der Waals surface area contributed by atoms with Gasteiger partial charge in [-0.1, -0.05) is 40.9 Å². The lowest BCUT2D eigenvalue weighted by Crippen LogP contribution is -2.50. The number of carbonyl (C=O) groups excluding carboxylic acids is 1. The first-order valence-electron chi connectivity index (χ1n) is 8.15. The minimum absolute atomic E-state index is 0.00386. The molecule has 0 radical (unpaired) electrons. The van der Waals surface area contributed by atoms with E-state index in [0.29, 0.717) is 12.3 Å². The van der Waals surface area contributed by atoms with Crippen molar-refractivity contribution >= 4 is 39.4 Å². The van der Waals surface area contributed by atoms with Crippen LogP contribution in [0.25, 0.3) is 0 Å². The summed E-state index contributed by atoms with van der Waals surface area (Å²) in [5.41, 5.74) is -0.626. The number of ether oxygens (including phenoxy) is 1. The first kappa shape index (κ1) is 25.9. The number of rotatable bonds is 9. The van der Waals surface area contributed by atoms with E-state index >= 15 is 0 Å². The van der Waals surface area contributed by atoms with Crippen LogP contribution in [0.15, 0.2) is 0 Å². The van der Waals surface area contributed by atoms with E-state index in [9.17, 15) is 22.8 Å². The Balaban J connectivity index is 0.000000821. The summed E-state index contributed by atoms with van der Waals surface area (Å²) in [6.45, 7) is 0.592. The highest BCUT2D eigenvalue weighted by molar-refractivity contribution is 8.76. The zero-order chi connectivity index (χ0) is 20.9. The lowest BCUT2D eigenvalue weighted by atomic mass is 9.84. The van der Waals surface area contributed by atoms with Gasteiger partial charge < -0.3 is 20.3 Å². The second kappa shape index (κ2) is 13.1. The van der Waals surface area contributed by atoms with E-state index in [1.807, 2.05) is 0 Å². The van der Waals surface area contributed by atoms with Crippen LogP contribution in [0.2, 0.25) is 0 Å². The van der Waals surface area contributed by atoms with Crippen LogP contribution in [-0.2, 0) is 19.1 Å². The molecule has 1 saturated carbocycles. The van der Waals surface area contributed by atoms with Crippen LogP contribution >= 0.6 is 21.6 Å². The molecule has 0 bridgehead atoms. The number of hydrogen-bond acceptors (Lipinski definition) is 6. The van der Waals surface area contributed by atoms with E-state index in [2.05, 4.69) is 5.32 Å². The van der Waals surface area contributed by atoms with Gasteiger partial charge in [-0.3, -0.25) is 9.59 Å². The number of aliphatic carboxylic acids is 2. The molecule has 0 spiro atoms. The average molecular weight is 435 g/mol. The number of carbonyl (C=O) groups is 3. The van der Waals surface area contributed by atoms with Crippen molar-refractivity contribution in [3.63, 3.8) is 0 Å². The number of carboxylic acid groups (broad SMARTS) is 2. The molecular weight excluding hydrogens is 411 g/mol. The topological polar surface area (TPSA) is 113 Å². The summed E-state index contributed by atoms with van der Waals surface area (Å²) >= 11 is 0. The largest absolute Gasteiger partial charge is 0.490 e. The minimum atomic E-state index is -5.08. The Bertz CT molecular complexity index is 485. The molecule has 1 amide bonds. The van der Waals surface area contributed by atoms with Gasteiger partial charge >= 0.3 is 18.1 Å². The van der Waals surface area contributed by atoms with Crippen LogP contribution in [0.3, 0.4) is 0 Å². The molecule has 7 nitrogen and oxygen atoms in total. The molecule has 1 rings (SSSR count). The van der Waals surface area contributed by atoms with Crippen molar-refractivity contribution in [2.75, 3.05) is 25.2 Å². The maximum Gasteiger partial charge on any atom is 0.490 e. The minimum Gasteiger partial charge on any atom is -0.481 e. The molecule has 158 valence electrons. The third-order valence-electron chi connectivity index (χ3n) is 3.66. The van der Waals surface area contributed by atoms with Gasteiger partial charge in [0.1, 0.15) is 5.60 Å². The number of halogens is 3. The van der Waals surface area contributed by atoms with Crippen LogP contribution in [0.5, 0.6) is 0 Å². The lowest BCUT2D eigenvalue weighted by molar-refractivity contribution is -0.192. The molecule has 0 aromatic carbocycles. The highest BCUT2D eigenvalue weighted by Gasteiger charge is 2.39. The zero-order valence-electron chi connectivity index (χ0n) is 14.8. The summed E-state index contributed by atoms with van der Waals surface area (Å²) in [4.78, 5) is 31.4. The van der Waals surface area contributed by atoms with E-state index in [0.717, 1.165) is 31.4 Å². The van der Waals surface area contributed by atoms with Crippen molar-refractivity contribution in [1.82, 2.24) is 5.32 Å². The van der Waals surface area contributed by atoms with Crippen LogP contribution < -0.4 is 5.32 Å². The fourth-order valence-corrected chi connectivity index (χ4v) is 4.15. The van der Waals surface area contributed by atoms with E-state index in [1.165, 1.54) is 17.2 Å². The number of carboxylic acids is 2. The van der Waals surface area contributed by atoms with Gasteiger partial charge in [0.15, 0.2) is 0 Å². The van der Waals surface area contributed by atoms with Gasteiger partial charge in [0.2, 0.25) is 0 Å². The highest BCUT2D eigenvalue weighted by atomic mass is 33.1. The Labute approximate surface area is 163 Å². The van der Waals surface area contributed by atoms with Crippen LogP contribution in [0.4, 0.5) is 13.2 Å². The molecule has 1 aliphatic carbocycles. The van der Waals surface area contributed by atoms with Crippen molar-refractivity contribution in [3.8, 4) is 0 Å². The highest BCUT2D eigenvalue weighted by Crippen LogP contribution is 2.31. The molecule has 0 aromatic heterocycles. The molecule has 1 fully saturated rings.